The lowest BCUT2D eigenvalue weighted by Crippen LogP contribution is -2.39. The summed E-state index contributed by atoms with van der Waals surface area (Å²) < 4.78 is 14.5. The maximum Gasteiger partial charge on any atom is 0.335 e. The standard InChI is InChI=1S/C33H43N3O4.2ClH/c1-39-21-19-35(18-17-34-15-6-3-7-16-34)28-12-8-11-27-31-30(24-9-4-2-5-10-24)26-14-13-25(33(37)38)23-29(26)36(31)20-22-40-32(27)28;;/h8,11-14,23-24H,2-7,9-10,15-22H2,1H3,(H,37,38);2*1H. The molecule has 1 saturated heterocycles. The summed E-state index contributed by atoms with van der Waals surface area (Å²) in [5, 5.41) is 11.0. The number of benzene rings is 2. The second-order valence-corrected chi connectivity index (χ2v) is 11.7. The van der Waals surface area contributed by atoms with Crippen molar-refractivity contribution in [1.29, 1.82) is 0 Å². The molecule has 0 spiro atoms. The van der Waals surface area contributed by atoms with Crippen LogP contribution in [0.15, 0.2) is 36.4 Å². The van der Waals surface area contributed by atoms with E-state index in [4.69, 9.17) is 9.47 Å². The largest absolute Gasteiger partial charge is 0.489 e. The lowest BCUT2D eigenvalue weighted by Gasteiger charge is -2.32. The van der Waals surface area contributed by atoms with E-state index >= 15 is 0 Å². The van der Waals surface area contributed by atoms with Crippen LogP contribution in [-0.4, -0.2) is 73.6 Å². The van der Waals surface area contributed by atoms with Gasteiger partial charge in [0, 0.05) is 43.2 Å². The van der Waals surface area contributed by atoms with E-state index in [-0.39, 0.29) is 24.8 Å². The topological polar surface area (TPSA) is 67.2 Å². The van der Waals surface area contributed by atoms with Gasteiger partial charge in [-0.2, -0.15) is 0 Å². The molecule has 3 aliphatic rings. The fourth-order valence-electron chi connectivity index (χ4n) is 7.19. The zero-order valence-corrected chi connectivity index (χ0v) is 26.3. The molecule has 1 N–H and O–H groups in total. The van der Waals surface area contributed by atoms with Crippen LogP contribution < -0.4 is 9.64 Å². The Balaban J connectivity index is 0.00000202. The van der Waals surface area contributed by atoms with Crippen LogP contribution in [0.2, 0.25) is 0 Å². The molecule has 230 valence electrons. The van der Waals surface area contributed by atoms with E-state index in [1.54, 1.807) is 13.2 Å². The molecular formula is C33H45Cl2N3O4. The number of piperidine rings is 1. The molecule has 1 aliphatic carbocycles. The van der Waals surface area contributed by atoms with E-state index in [9.17, 15) is 9.90 Å². The molecular weight excluding hydrogens is 573 g/mol. The molecule has 1 saturated carbocycles. The average Bonchev–Trinajstić information content (AvgIpc) is 3.18. The number of methoxy groups -OCH3 is 1. The summed E-state index contributed by atoms with van der Waals surface area (Å²) in [6.45, 7) is 7.06. The number of fused-ring (bicyclic) bond motifs is 5. The van der Waals surface area contributed by atoms with Gasteiger partial charge in [-0.05, 0) is 74.5 Å². The summed E-state index contributed by atoms with van der Waals surface area (Å²) in [7, 11) is 1.77. The second kappa shape index (κ2) is 14.8. The van der Waals surface area contributed by atoms with Crippen molar-refractivity contribution in [3.8, 4) is 17.0 Å². The van der Waals surface area contributed by atoms with Crippen LogP contribution in [0.5, 0.6) is 5.75 Å². The van der Waals surface area contributed by atoms with E-state index in [1.807, 2.05) is 6.07 Å². The maximum atomic E-state index is 11.9. The van der Waals surface area contributed by atoms with Crippen molar-refractivity contribution >= 4 is 47.4 Å². The third kappa shape index (κ3) is 6.54. The molecule has 2 aromatic carbocycles. The molecule has 2 aliphatic heterocycles. The van der Waals surface area contributed by atoms with Crippen LogP contribution in [0.1, 0.15) is 73.2 Å². The zero-order valence-electron chi connectivity index (χ0n) is 24.7. The maximum absolute atomic E-state index is 11.9. The van der Waals surface area contributed by atoms with Crippen LogP contribution in [0, 0.1) is 0 Å². The minimum absolute atomic E-state index is 0. The Morgan fingerprint density at radius 3 is 2.50 bits per heavy atom. The van der Waals surface area contributed by atoms with Gasteiger partial charge in [-0.1, -0.05) is 37.8 Å². The van der Waals surface area contributed by atoms with Gasteiger partial charge in [-0.25, -0.2) is 4.79 Å². The van der Waals surface area contributed by atoms with Gasteiger partial charge in [0.05, 0.1) is 30.1 Å². The molecule has 42 heavy (non-hydrogen) atoms. The third-order valence-electron chi connectivity index (χ3n) is 9.22. The highest BCUT2D eigenvalue weighted by molar-refractivity contribution is 5.99. The lowest BCUT2D eigenvalue weighted by molar-refractivity contribution is 0.0697. The molecule has 3 aromatic rings. The van der Waals surface area contributed by atoms with Gasteiger partial charge < -0.3 is 28.9 Å². The van der Waals surface area contributed by atoms with Crippen molar-refractivity contribution in [3.05, 3.63) is 47.5 Å². The Kier molecular flexibility index (Phi) is 11.5. The number of hydrogen-bond acceptors (Lipinski definition) is 5. The Morgan fingerprint density at radius 2 is 1.76 bits per heavy atom. The highest BCUT2D eigenvalue weighted by Gasteiger charge is 2.31. The van der Waals surface area contributed by atoms with Crippen molar-refractivity contribution in [2.75, 3.05) is 57.9 Å². The number of carboxylic acids is 1. The van der Waals surface area contributed by atoms with Crippen LogP contribution in [-0.2, 0) is 11.3 Å². The molecule has 0 unspecified atom stereocenters. The molecule has 9 heteroatoms. The van der Waals surface area contributed by atoms with Gasteiger partial charge in [0.2, 0.25) is 0 Å². The fraction of sp³-hybridized carbons (Fsp3) is 0.545. The number of rotatable bonds is 9. The molecule has 0 bridgehead atoms. The number of carboxylic acid groups (broad SMARTS) is 1. The third-order valence-corrected chi connectivity index (χ3v) is 9.22. The van der Waals surface area contributed by atoms with Crippen LogP contribution in [0.4, 0.5) is 5.69 Å². The normalized spacial score (nSPS) is 17.3. The van der Waals surface area contributed by atoms with Crippen LogP contribution in [0.25, 0.3) is 22.2 Å². The number of anilines is 1. The van der Waals surface area contributed by atoms with E-state index in [1.165, 1.54) is 81.1 Å². The van der Waals surface area contributed by atoms with Crippen molar-refractivity contribution < 1.29 is 19.4 Å². The molecule has 7 nitrogen and oxygen atoms in total. The van der Waals surface area contributed by atoms with E-state index in [0.717, 1.165) is 42.2 Å². The SMILES string of the molecule is COCCN(CCN1CCCCC1)c1cccc2c1OCCn1c-2c(C2CCCCC2)c2ccc(C(=O)O)cc21.Cl.Cl. The highest BCUT2D eigenvalue weighted by Crippen LogP contribution is 2.49. The average molecular weight is 619 g/mol. The number of nitrogens with zero attached hydrogens (tertiary/aromatic N) is 3. The number of halogens is 2. The second-order valence-electron chi connectivity index (χ2n) is 11.7. The summed E-state index contributed by atoms with van der Waals surface area (Å²) in [6, 6.07) is 12.3. The van der Waals surface area contributed by atoms with Crippen molar-refractivity contribution in [1.82, 2.24) is 9.47 Å². The van der Waals surface area contributed by atoms with E-state index in [0.29, 0.717) is 31.2 Å². The predicted octanol–water partition coefficient (Wildman–Crippen LogP) is 7.23. The Labute approximate surface area is 262 Å². The Morgan fingerprint density at radius 1 is 1.00 bits per heavy atom. The minimum Gasteiger partial charge on any atom is -0.489 e. The van der Waals surface area contributed by atoms with Crippen molar-refractivity contribution in [2.24, 2.45) is 0 Å². The lowest BCUT2D eigenvalue weighted by atomic mass is 9.81. The Bertz CT molecular complexity index is 1350. The van der Waals surface area contributed by atoms with Gasteiger partial charge in [0.25, 0.3) is 0 Å². The van der Waals surface area contributed by atoms with Crippen molar-refractivity contribution in [2.45, 2.75) is 63.8 Å². The smallest absolute Gasteiger partial charge is 0.335 e. The summed E-state index contributed by atoms with van der Waals surface area (Å²) in [6.07, 6.45) is 10.1. The Hall–Kier alpha value is -2.45. The summed E-state index contributed by atoms with van der Waals surface area (Å²) in [5.41, 5.74) is 6.22. The summed E-state index contributed by atoms with van der Waals surface area (Å²) in [5.74, 6) is 0.544. The zero-order chi connectivity index (χ0) is 27.5. The quantitative estimate of drug-likeness (QED) is 0.273. The van der Waals surface area contributed by atoms with Crippen molar-refractivity contribution in [3.63, 3.8) is 0 Å². The molecule has 0 radical (unpaired) electrons. The fourth-order valence-corrected chi connectivity index (χ4v) is 7.19. The molecule has 3 heterocycles. The monoisotopic (exact) mass is 617 g/mol. The first-order valence-electron chi connectivity index (χ1n) is 15.3. The van der Waals surface area contributed by atoms with E-state index in [2.05, 4.69) is 38.6 Å². The number of aromatic carboxylic acids is 1. The number of aromatic nitrogens is 1. The number of carbonyl (C=O) groups is 1. The first kappa shape index (κ1) is 32.5. The van der Waals surface area contributed by atoms with E-state index < -0.39 is 5.97 Å². The van der Waals surface area contributed by atoms with Gasteiger partial charge in [-0.15, -0.1) is 24.8 Å². The molecule has 0 amide bonds. The first-order chi connectivity index (χ1) is 19.7. The first-order valence-corrected chi connectivity index (χ1v) is 15.3. The predicted molar refractivity (Wildman–Crippen MR) is 175 cm³/mol. The van der Waals surface area contributed by atoms with Crippen LogP contribution in [0.3, 0.4) is 0 Å². The van der Waals surface area contributed by atoms with Gasteiger partial charge >= 0.3 is 5.97 Å². The molecule has 2 fully saturated rings. The number of hydrogen-bond donors (Lipinski definition) is 1. The highest BCUT2D eigenvalue weighted by atomic mass is 35.5. The van der Waals surface area contributed by atoms with Gasteiger partial charge in [-0.3, -0.25) is 0 Å². The number of likely N-dealkylation sites (tertiary alicyclic amines) is 1. The molecule has 6 rings (SSSR count). The summed E-state index contributed by atoms with van der Waals surface area (Å²) in [4.78, 5) is 16.9. The minimum atomic E-state index is -0.883. The van der Waals surface area contributed by atoms with Gasteiger partial charge in [0.15, 0.2) is 5.75 Å². The number of para-hydroxylation sites is 1. The van der Waals surface area contributed by atoms with Crippen LogP contribution >= 0.6 is 24.8 Å². The van der Waals surface area contributed by atoms with Gasteiger partial charge in [0.1, 0.15) is 6.61 Å². The summed E-state index contributed by atoms with van der Waals surface area (Å²) >= 11 is 0. The number of ether oxygens (including phenoxy) is 2. The molecule has 1 aromatic heterocycles. The molecule has 0 atom stereocenters.